The fourth-order valence-corrected chi connectivity index (χ4v) is 4.53. The summed E-state index contributed by atoms with van der Waals surface area (Å²) in [5.41, 5.74) is 1.91. The summed E-state index contributed by atoms with van der Waals surface area (Å²) >= 11 is 5.51. The van der Waals surface area contributed by atoms with Crippen LogP contribution in [0.25, 0.3) is 0 Å². The van der Waals surface area contributed by atoms with Gasteiger partial charge in [-0.25, -0.2) is 0 Å². The molecule has 2 heterocycles. The maximum absolute atomic E-state index is 5.96. The van der Waals surface area contributed by atoms with Crippen molar-refractivity contribution in [2.75, 3.05) is 20.2 Å². The Kier molecular flexibility index (Phi) is 2.43. The number of ether oxygens (including phenoxy) is 1. The van der Waals surface area contributed by atoms with Gasteiger partial charge < -0.3 is 10.1 Å². The Morgan fingerprint density at radius 3 is 3.13 bits per heavy atom. The normalized spacial score (nSPS) is 26.7. The first-order chi connectivity index (χ1) is 7.27. The van der Waals surface area contributed by atoms with Crippen molar-refractivity contribution < 1.29 is 4.74 Å². The molecule has 1 aromatic heterocycles. The van der Waals surface area contributed by atoms with Crippen molar-refractivity contribution in [3.05, 3.63) is 20.3 Å². The lowest BCUT2D eigenvalue weighted by Crippen LogP contribution is -2.30. The third-order valence-corrected chi connectivity index (χ3v) is 5.40. The Labute approximate surface area is 102 Å². The number of nitrogens with one attached hydrogen (secondary N) is 1. The SMILES string of the molecule is CNC[C@H]1OCC2(CC2)c2c(Br)csc21. The van der Waals surface area contributed by atoms with Crippen molar-refractivity contribution >= 4 is 27.3 Å². The van der Waals surface area contributed by atoms with E-state index in [1.807, 2.05) is 18.4 Å². The molecule has 0 saturated heterocycles. The average Bonchev–Trinajstić information content (AvgIpc) is 2.88. The maximum Gasteiger partial charge on any atom is 0.104 e. The van der Waals surface area contributed by atoms with E-state index < -0.39 is 0 Å². The van der Waals surface area contributed by atoms with E-state index in [1.54, 1.807) is 5.56 Å². The van der Waals surface area contributed by atoms with Gasteiger partial charge in [0.2, 0.25) is 0 Å². The van der Waals surface area contributed by atoms with Gasteiger partial charge in [-0.15, -0.1) is 11.3 Å². The summed E-state index contributed by atoms with van der Waals surface area (Å²) < 4.78 is 7.26. The van der Waals surface area contributed by atoms with Crippen LogP contribution in [0.1, 0.15) is 29.4 Å². The lowest BCUT2D eigenvalue weighted by molar-refractivity contribution is 0.0259. The molecule has 4 heteroatoms. The molecule has 3 rings (SSSR count). The van der Waals surface area contributed by atoms with Gasteiger partial charge in [0.05, 0.1) is 6.61 Å². The van der Waals surface area contributed by atoms with Gasteiger partial charge in [0.15, 0.2) is 0 Å². The van der Waals surface area contributed by atoms with Crippen LogP contribution in [0.4, 0.5) is 0 Å². The Hall–Kier alpha value is 0.1000. The summed E-state index contributed by atoms with van der Waals surface area (Å²) in [6.45, 7) is 1.82. The highest BCUT2D eigenvalue weighted by Crippen LogP contribution is 2.57. The number of hydrogen-bond donors (Lipinski definition) is 1. The van der Waals surface area contributed by atoms with Crippen LogP contribution < -0.4 is 5.32 Å². The molecule has 1 fully saturated rings. The number of fused-ring (bicyclic) bond motifs is 2. The molecule has 0 unspecified atom stereocenters. The predicted molar refractivity (Wildman–Crippen MR) is 65.6 cm³/mol. The Bertz CT molecular complexity index is 386. The summed E-state index contributed by atoms with van der Waals surface area (Å²) in [5, 5.41) is 5.41. The maximum atomic E-state index is 5.96. The first-order valence-corrected chi connectivity index (χ1v) is 6.98. The van der Waals surface area contributed by atoms with Crippen molar-refractivity contribution in [3.63, 3.8) is 0 Å². The van der Waals surface area contributed by atoms with Gasteiger partial charge in [0.1, 0.15) is 6.10 Å². The third kappa shape index (κ3) is 1.50. The fraction of sp³-hybridized carbons (Fsp3) is 0.636. The van der Waals surface area contributed by atoms with Crippen LogP contribution in [0.3, 0.4) is 0 Å². The molecule has 1 aliphatic carbocycles. The van der Waals surface area contributed by atoms with Crippen LogP contribution in [-0.4, -0.2) is 20.2 Å². The van der Waals surface area contributed by atoms with Gasteiger partial charge in [-0.3, -0.25) is 0 Å². The van der Waals surface area contributed by atoms with E-state index in [0.29, 0.717) is 5.41 Å². The van der Waals surface area contributed by atoms with Gasteiger partial charge in [-0.2, -0.15) is 0 Å². The number of hydrogen-bond acceptors (Lipinski definition) is 3. The Morgan fingerprint density at radius 1 is 1.67 bits per heavy atom. The molecular formula is C11H14BrNOS. The molecular weight excluding hydrogens is 274 g/mol. The van der Waals surface area contributed by atoms with E-state index in [0.717, 1.165) is 13.2 Å². The topological polar surface area (TPSA) is 21.3 Å². The largest absolute Gasteiger partial charge is 0.370 e. The zero-order chi connectivity index (χ0) is 10.5. The zero-order valence-corrected chi connectivity index (χ0v) is 11.1. The summed E-state index contributed by atoms with van der Waals surface area (Å²) in [7, 11) is 1.98. The predicted octanol–water partition coefficient (Wildman–Crippen LogP) is 2.83. The molecule has 1 spiro atoms. The molecule has 1 aliphatic heterocycles. The van der Waals surface area contributed by atoms with E-state index in [1.165, 1.54) is 22.2 Å². The molecule has 1 saturated carbocycles. The molecule has 0 radical (unpaired) electrons. The van der Waals surface area contributed by atoms with Crippen molar-refractivity contribution in [1.29, 1.82) is 0 Å². The van der Waals surface area contributed by atoms with E-state index in [4.69, 9.17) is 4.74 Å². The Balaban J connectivity index is 2.02. The molecule has 0 amide bonds. The van der Waals surface area contributed by atoms with Crippen molar-refractivity contribution in [2.45, 2.75) is 24.4 Å². The number of rotatable bonds is 2. The first kappa shape index (κ1) is 10.3. The zero-order valence-electron chi connectivity index (χ0n) is 8.68. The summed E-state index contributed by atoms with van der Waals surface area (Å²) in [4.78, 5) is 1.43. The summed E-state index contributed by atoms with van der Waals surface area (Å²) in [6.07, 6.45) is 2.84. The highest BCUT2D eigenvalue weighted by molar-refractivity contribution is 9.10. The van der Waals surface area contributed by atoms with Gasteiger partial charge >= 0.3 is 0 Å². The molecule has 82 valence electrons. The molecule has 0 bridgehead atoms. The van der Waals surface area contributed by atoms with E-state index in [-0.39, 0.29) is 6.10 Å². The molecule has 0 aromatic carbocycles. The molecule has 1 N–H and O–H groups in total. The van der Waals surface area contributed by atoms with Crippen LogP contribution in [0, 0.1) is 0 Å². The van der Waals surface area contributed by atoms with Crippen molar-refractivity contribution in [3.8, 4) is 0 Å². The molecule has 2 nitrogen and oxygen atoms in total. The third-order valence-electron chi connectivity index (χ3n) is 3.40. The van der Waals surface area contributed by atoms with Crippen molar-refractivity contribution in [2.24, 2.45) is 0 Å². The van der Waals surface area contributed by atoms with Gasteiger partial charge in [0.25, 0.3) is 0 Å². The number of thiophene rings is 1. The fourth-order valence-electron chi connectivity index (χ4n) is 2.39. The quantitative estimate of drug-likeness (QED) is 0.903. The molecule has 15 heavy (non-hydrogen) atoms. The van der Waals surface area contributed by atoms with E-state index in [2.05, 4.69) is 26.6 Å². The summed E-state index contributed by atoms with van der Waals surface area (Å²) in [6, 6.07) is 0. The Morgan fingerprint density at radius 2 is 2.47 bits per heavy atom. The number of likely N-dealkylation sites (N-methyl/N-ethyl adjacent to an activating group) is 1. The summed E-state index contributed by atoms with van der Waals surface area (Å²) in [5.74, 6) is 0. The lowest BCUT2D eigenvalue weighted by atomic mass is 9.93. The van der Waals surface area contributed by atoms with Crippen LogP contribution >= 0.6 is 27.3 Å². The second kappa shape index (κ2) is 3.55. The minimum Gasteiger partial charge on any atom is -0.370 e. The second-order valence-electron chi connectivity index (χ2n) is 4.46. The second-order valence-corrected chi connectivity index (χ2v) is 6.23. The van der Waals surface area contributed by atoms with Crippen LogP contribution in [-0.2, 0) is 10.2 Å². The van der Waals surface area contributed by atoms with Crippen LogP contribution in [0.2, 0.25) is 0 Å². The first-order valence-electron chi connectivity index (χ1n) is 5.30. The minimum atomic E-state index is 0.257. The van der Waals surface area contributed by atoms with Gasteiger partial charge in [-0.05, 0) is 41.4 Å². The van der Waals surface area contributed by atoms with Gasteiger partial charge in [-0.1, -0.05) is 0 Å². The van der Waals surface area contributed by atoms with Crippen molar-refractivity contribution in [1.82, 2.24) is 5.32 Å². The van der Waals surface area contributed by atoms with E-state index >= 15 is 0 Å². The van der Waals surface area contributed by atoms with Crippen LogP contribution in [0.15, 0.2) is 9.85 Å². The lowest BCUT2D eigenvalue weighted by Gasteiger charge is -2.29. The van der Waals surface area contributed by atoms with Crippen LogP contribution in [0.5, 0.6) is 0 Å². The molecule has 2 aliphatic rings. The minimum absolute atomic E-state index is 0.257. The van der Waals surface area contributed by atoms with E-state index in [9.17, 15) is 0 Å². The highest BCUT2D eigenvalue weighted by atomic mass is 79.9. The van der Waals surface area contributed by atoms with Gasteiger partial charge in [0, 0.05) is 26.7 Å². The highest BCUT2D eigenvalue weighted by Gasteiger charge is 2.51. The average molecular weight is 288 g/mol. The monoisotopic (exact) mass is 287 g/mol. The standard InChI is InChI=1S/C11H14BrNOS/c1-13-4-8-10-9(7(12)5-15-10)11(2-3-11)6-14-8/h5,8,13H,2-4,6H2,1H3/t8-/m1/s1. The molecule has 1 aromatic rings. The molecule has 1 atom stereocenters. The smallest absolute Gasteiger partial charge is 0.104 e. The number of halogens is 1.